The number of ether oxygens (including phenoxy) is 1. The molecule has 0 saturated heterocycles. The van der Waals surface area contributed by atoms with Gasteiger partial charge in [-0.25, -0.2) is 0 Å². The van der Waals surface area contributed by atoms with Crippen LogP contribution in [0.5, 0.6) is 0 Å². The predicted octanol–water partition coefficient (Wildman–Crippen LogP) is 14.2. The summed E-state index contributed by atoms with van der Waals surface area (Å²) >= 11 is 0. The second-order valence-corrected chi connectivity index (χ2v) is 16.3. The molecule has 0 heterocycles. The summed E-state index contributed by atoms with van der Waals surface area (Å²) in [7, 11) is 0. The molecular weight excluding hydrogens is 719 g/mol. The summed E-state index contributed by atoms with van der Waals surface area (Å²) in [6.07, 6.45) is 56.7. The van der Waals surface area contributed by atoms with Gasteiger partial charge in [0.05, 0.1) is 25.2 Å². The number of allylic oxidation sites excluding steroid dienone is 12. The van der Waals surface area contributed by atoms with Gasteiger partial charge in [-0.15, -0.1) is 0 Å². The number of carbonyl (C=O) groups is 2. The summed E-state index contributed by atoms with van der Waals surface area (Å²) in [5.41, 5.74) is 0. The fourth-order valence-electron chi connectivity index (χ4n) is 6.91. The number of carbonyl (C=O) groups excluding carboxylic acids is 2. The molecule has 334 valence electrons. The van der Waals surface area contributed by atoms with Crippen molar-refractivity contribution >= 4 is 11.9 Å². The van der Waals surface area contributed by atoms with Gasteiger partial charge >= 0.3 is 5.97 Å². The highest BCUT2D eigenvalue weighted by Crippen LogP contribution is 2.17. The molecule has 0 bridgehead atoms. The Morgan fingerprint density at radius 3 is 1.52 bits per heavy atom. The second kappa shape index (κ2) is 45.4. The van der Waals surface area contributed by atoms with E-state index in [4.69, 9.17) is 4.74 Å². The van der Waals surface area contributed by atoms with E-state index in [0.29, 0.717) is 19.3 Å². The molecule has 58 heavy (non-hydrogen) atoms. The van der Waals surface area contributed by atoms with E-state index >= 15 is 0 Å². The molecule has 0 fully saturated rings. The maximum Gasteiger partial charge on any atom is 0.306 e. The number of nitrogens with one attached hydrogen (secondary N) is 1. The maximum atomic E-state index is 13.1. The highest BCUT2D eigenvalue weighted by atomic mass is 16.5. The van der Waals surface area contributed by atoms with Crippen LogP contribution in [0.2, 0.25) is 0 Å². The monoisotopic (exact) mass is 810 g/mol. The van der Waals surface area contributed by atoms with E-state index in [0.717, 1.165) is 96.3 Å². The average molecular weight is 810 g/mol. The van der Waals surface area contributed by atoms with Crippen LogP contribution in [0.3, 0.4) is 0 Å². The lowest BCUT2D eigenvalue weighted by Gasteiger charge is -2.24. The van der Waals surface area contributed by atoms with Gasteiger partial charge in [0, 0.05) is 6.42 Å². The van der Waals surface area contributed by atoms with Crippen LogP contribution < -0.4 is 5.32 Å². The molecule has 0 spiro atoms. The van der Waals surface area contributed by atoms with Gasteiger partial charge in [0.2, 0.25) is 5.91 Å². The van der Waals surface area contributed by atoms with Gasteiger partial charge in [0.15, 0.2) is 0 Å². The van der Waals surface area contributed by atoms with Crippen molar-refractivity contribution in [2.45, 2.75) is 238 Å². The Labute approximate surface area is 358 Å². The van der Waals surface area contributed by atoms with E-state index in [-0.39, 0.29) is 24.9 Å². The van der Waals surface area contributed by atoms with Crippen molar-refractivity contribution in [1.29, 1.82) is 0 Å². The van der Waals surface area contributed by atoms with Crippen LogP contribution in [0.1, 0.15) is 220 Å². The number of rotatable bonds is 42. The summed E-state index contributed by atoms with van der Waals surface area (Å²) in [5, 5.41) is 23.7. The molecule has 0 saturated carbocycles. The van der Waals surface area contributed by atoms with Crippen molar-refractivity contribution in [3.63, 3.8) is 0 Å². The quantitative estimate of drug-likeness (QED) is 0.0247. The van der Waals surface area contributed by atoms with E-state index in [1.165, 1.54) is 77.0 Å². The van der Waals surface area contributed by atoms with Crippen LogP contribution in [0.15, 0.2) is 72.9 Å². The standard InChI is InChI=1S/C52H91NO5/c1-4-7-10-13-16-19-21-23-24-25-26-27-28-30-33-36-39-42-45-52(57)58-48(43-40-37-34-31-18-15-12-9-6-3)46-51(56)53-49(47-54)50(55)44-41-38-35-32-29-22-20-17-14-11-8-5-2/h10,13,15-16,18-19,21,23-27,48-50,54-55H,4-9,11-12,14,17,20,22,28-47H2,1-3H3,(H,53,56)/b13-10+,18-15-,19-16+,23-21+,25-24+,27-26+. The lowest BCUT2D eigenvalue weighted by atomic mass is 10.0. The number of aliphatic hydroxyl groups excluding tert-OH is 2. The van der Waals surface area contributed by atoms with Crippen LogP contribution in [0.25, 0.3) is 0 Å². The van der Waals surface area contributed by atoms with Gasteiger partial charge in [-0.3, -0.25) is 9.59 Å². The van der Waals surface area contributed by atoms with E-state index in [1.807, 2.05) is 24.3 Å². The molecule has 0 radical (unpaired) electrons. The summed E-state index contributed by atoms with van der Waals surface area (Å²) in [4.78, 5) is 26.0. The van der Waals surface area contributed by atoms with Crippen LogP contribution in [0.4, 0.5) is 0 Å². The Kier molecular flexibility index (Phi) is 43.3. The van der Waals surface area contributed by atoms with Gasteiger partial charge in [0.25, 0.3) is 0 Å². The average Bonchev–Trinajstić information content (AvgIpc) is 3.22. The first-order chi connectivity index (χ1) is 28.5. The molecule has 0 rings (SSSR count). The lowest BCUT2D eigenvalue weighted by molar-refractivity contribution is -0.151. The van der Waals surface area contributed by atoms with Crippen molar-refractivity contribution in [2.75, 3.05) is 6.61 Å². The molecule has 3 N–H and O–H groups in total. The van der Waals surface area contributed by atoms with Crippen molar-refractivity contribution < 1.29 is 24.5 Å². The lowest BCUT2D eigenvalue weighted by Crippen LogP contribution is -2.46. The molecule has 0 aromatic heterocycles. The second-order valence-electron chi connectivity index (χ2n) is 16.3. The van der Waals surface area contributed by atoms with Crippen LogP contribution in [0, 0.1) is 0 Å². The van der Waals surface area contributed by atoms with Gasteiger partial charge in [-0.2, -0.15) is 0 Å². The number of hydrogen-bond acceptors (Lipinski definition) is 5. The summed E-state index contributed by atoms with van der Waals surface area (Å²) in [5.74, 6) is -0.525. The topological polar surface area (TPSA) is 95.9 Å². The third kappa shape index (κ3) is 40.1. The van der Waals surface area contributed by atoms with Gasteiger partial charge in [0.1, 0.15) is 6.10 Å². The number of unbranched alkanes of at least 4 members (excludes halogenated alkanes) is 22. The largest absolute Gasteiger partial charge is 0.462 e. The molecule has 0 aliphatic heterocycles. The minimum Gasteiger partial charge on any atom is -0.462 e. The molecule has 0 aliphatic rings. The SMILES string of the molecule is CCC/C=C/C=C/C=C/C=C/C=C/CCCCCCCC(=O)OC(CCCCC/C=C\CCCC)CC(=O)NC(CO)C(O)CCCCCCCCCCCCCC. The van der Waals surface area contributed by atoms with E-state index in [1.54, 1.807) is 0 Å². The van der Waals surface area contributed by atoms with E-state index < -0.39 is 18.2 Å². The highest BCUT2D eigenvalue weighted by Gasteiger charge is 2.24. The number of aliphatic hydroxyl groups is 2. The summed E-state index contributed by atoms with van der Waals surface area (Å²) < 4.78 is 5.89. The zero-order chi connectivity index (χ0) is 42.4. The Bertz CT molecular complexity index is 1090. The van der Waals surface area contributed by atoms with E-state index in [2.05, 4.69) is 74.7 Å². The zero-order valence-corrected chi connectivity index (χ0v) is 37.9. The zero-order valence-electron chi connectivity index (χ0n) is 37.9. The molecule has 6 heteroatoms. The Morgan fingerprint density at radius 1 is 0.500 bits per heavy atom. The van der Waals surface area contributed by atoms with E-state index in [9.17, 15) is 19.8 Å². The molecular formula is C52H91NO5. The van der Waals surface area contributed by atoms with Gasteiger partial charge in [-0.05, 0) is 64.2 Å². The number of esters is 1. The molecule has 0 aromatic rings. The molecule has 1 amide bonds. The highest BCUT2D eigenvalue weighted by molar-refractivity contribution is 5.77. The Balaban J connectivity index is 4.56. The number of hydrogen-bond donors (Lipinski definition) is 3. The first-order valence-electron chi connectivity index (χ1n) is 24.2. The summed E-state index contributed by atoms with van der Waals surface area (Å²) in [6, 6.07) is -0.712. The molecule has 6 nitrogen and oxygen atoms in total. The van der Waals surface area contributed by atoms with Crippen molar-refractivity contribution in [3.8, 4) is 0 Å². The molecule has 3 atom stereocenters. The fraction of sp³-hybridized carbons (Fsp3) is 0.731. The van der Waals surface area contributed by atoms with Crippen LogP contribution in [-0.2, 0) is 14.3 Å². The smallest absolute Gasteiger partial charge is 0.306 e. The minimum absolute atomic E-state index is 0.0528. The molecule has 0 aliphatic carbocycles. The first-order valence-corrected chi connectivity index (χ1v) is 24.2. The maximum absolute atomic E-state index is 13.1. The Hall–Kier alpha value is -2.70. The number of amides is 1. The molecule has 3 unspecified atom stereocenters. The first kappa shape index (κ1) is 55.3. The third-order valence-corrected chi connectivity index (χ3v) is 10.6. The van der Waals surface area contributed by atoms with Gasteiger partial charge in [-0.1, -0.05) is 216 Å². The molecule has 0 aromatic carbocycles. The summed E-state index contributed by atoms with van der Waals surface area (Å²) in [6.45, 7) is 6.32. The fourth-order valence-corrected chi connectivity index (χ4v) is 6.91. The minimum atomic E-state index is -0.797. The van der Waals surface area contributed by atoms with Crippen LogP contribution in [-0.4, -0.2) is 46.9 Å². The van der Waals surface area contributed by atoms with Gasteiger partial charge < -0.3 is 20.3 Å². The normalized spacial score (nSPS) is 13.9. The van der Waals surface area contributed by atoms with Crippen molar-refractivity contribution in [2.24, 2.45) is 0 Å². The van der Waals surface area contributed by atoms with Crippen LogP contribution >= 0.6 is 0 Å². The third-order valence-electron chi connectivity index (χ3n) is 10.6. The van der Waals surface area contributed by atoms with Crippen molar-refractivity contribution in [1.82, 2.24) is 5.32 Å². The predicted molar refractivity (Wildman–Crippen MR) is 250 cm³/mol. The van der Waals surface area contributed by atoms with Crippen molar-refractivity contribution in [3.05, 3.63) is 72.9 Å². The Morgan fingerprint density at radius 2 is 0.948 bits per heavy atom.